The lowest BCUT2D eigenvalue weighted by Crippen LogP contribution is -2.44. The number of hydrogen-bond donors (Lipinski definition) is 1. The van der Waals surface area contributed by atoms with Crippen LogP contribution in [-0.4, -0.2) is 24.3 Å². The van der Waals surface area contributed by atoms with Crippen LogP contribution in [0, 0.1) is 0 Å². The molecule has 0 spiro atoms. The molecule has 3 aromatic carbocycles. The van der Waals surface area contributed by atoms with Crippen LogP contribution in [0.4, 0.5) is 0 Å². The summed E-state index contributed by atoms with van der Waals surface area (Å²) >= 11 is 1.53. The van der Waals surface area contributed by atoms with Crippen LogP contribution in [0.25, 0.3) is 0 Å². The van der Waals surface area contributed by atoms with E-state index in [9.17, 15) is 9.90 Å². The van der Waals surface area contributed by atoms with Crippen molar-refractivity contribution >= 4 is 17.7 Å². The number of methoxy groups -OCH3 is 1. The van der Waals surface area contributed by atoms with E-state index in [4.69, 9.17) is 4.74 Å². The van der Waals surface area contributed by atoms with Gasteiger partial charge < -0.3 is 9.84 Å². The van der Waals surface area contributed by atoms with Crippen LogP contribution < -0.4 is 0 Å². The van der Waals surface area contributed by atoms with Crippen molar-refractivity contribution in [2.24, 2.45) is 0 Å². The predicted molar refractivity (Wildman–Crippen MR) is 109 cm³/mol. The monoisotopic (exact) mass is 378 g/mol. The molecule has 0 saturated heterocycles. The molecule has 0 heterocycles. The van der Waals surface area contributed by atoms with Gasteiger partial charge in [0.1, 0.15) is 4.75 Å². The summed E-state index contributed by atoms with van der Waals surface area (Å²) in [5.41, 5.74) is 2.83. The van der Waals surface area contributed by atoms with Crippen LogP contribution in [0.2, 0.25) is 0 Å². The predicted octanol–water partition coefficient (Wildman–Crippen LogP) is 4.40. The first-order chi connectivity index (χ1) is 13.2. The summed E-state index contributed by atoms with van der Waals surface area (Å²) in [6, 6.07) is 29.3. The largest absolute Gasteiger partial charge is 0.467 e. The van der Waals surface area contributed by atoms with E-state index in [1.165, 1.54) is 18.9 Å². The van der Waals surface area contributed by atoms with Gasteiger partial charge in [0, 0.05) is 5.75 Å². The summed E-state index contributed by atoms with van der Waals surface area (Å²) in [6.45, 7) is 0. The zero-order valence-corrected chi connectivity index (χ0v) is 15.9. The SMILES string of the molecule is COC(=O)[C@H](O)C(SCc1ccccc1)(c1ccccc1)c1ccccc1. The summed E-state index contributed by atoms with van der Waals surface area (Å²) in [6.07, 6.45) is -1.35. The molecule has 1 N–H and O–H groups in total. The Kier molecular flexibility index (Phi) is 6.32. The Labute approximate surface area is 164 Å². The third-order valence-corrected chi connectivity index (χ3v) is 6.15. The number of benzene rings is 3. The molecule has 0 amide bonds. The van der Waals surface area contributed by atoms with E-state index in [0.717, 1.165) is 16.7 Å². The fourth-order valence-electron chi connectivity index (χ4n) is 3.15. The highest BCUT2D eigenvalue weighted by atomic mass is 32.2. The molecule has 0 aliphatic carbocycles. The average molecular weight is 378 g/mol. The Bertz CT molecular complexity index is 811. The molecule has 138 valence electrons. The Morgan fingerprint density at radius 3 is 1.78 bits per heavy atom. The third kappa shape index (κ3) is 4.07. The number of ether oxygens (including phenoxy) is 1. The minimum atomic E-state index is -1.35. The standard InChI is InChI=1S/C23H22O3S/c1-26-22(25)21(24)23(19-13-7-3-8-14-19,20-15-9-4-10-16-20)27-17-18-11-5-2-6-12-18/h2-16,21,24H,17H2,1H3/t21-/m0/s1. The fourth-order valence-corrected chi connectivity index (χ4v) is 4.59. The molecule has 0 unspecified atom stereocenters. The molecular formula is C23H22O3S. The number of carbonyl (C=O) groups is 1. The van der Waals surface area contributed by atoms with E-state index in [-0.39, 0.29) is 0 Å². The highest BCUT2D eigenvalue weighted by Crippen LogP contribution is 2.47. The first-order valence-corrected chi connectivity index (χ1v) is 9.72. The lowest BCUT2D eigenvalue weighted by Gasteiger charge is -2.37. The van der Waals surface area contributed by atoms with Gasteiger partial charge in [-0.1, -0.05) is 91.0 Å². The molecule has 0 aromatic heterocycles. The summed E-state index contributed by atoms with van der Waals surface area (Å²) in [4.78, 5) is 12.4. The van der Waals surface area contributed by atoms with Crippen molar-refractivity contribution in [1.29, 1.82) is 0 Å². The average Bonchev–Trinajstić information content (AvgIpc) is 2.75. The van der Waals surface area contributed by atoms with Gasteiger partial charge in [-0.15, -0.1) is 11.8 Å². The van der Waals surface area contributed by atoms with Crippen LogP contribution in [0.3, 0.4) is 0 Å². The maximum absolute atomic E-state index is 12.4. The second kappa shape index (κ2) is 8.89. The second-order valence-corrected chi connectivity index (χ2v) is 7.39. The first-order valence-electron chi connectivity index (χ1n) is 8.73. The van der Waals surface area contributed by atoms with Crippen molar-refractivity contribution in [1.82, 2.24) is 0 Å². The summed E-state index contributed by atoms with van der Waals surface area (Å²) < 4.78 is 3.93. The number of rotatable bonds is 7. The molecule has 0 fully saturated rings. The van der Waals surface area contributed by atoms with Gasteiger partial charge in [0.25, 0.3) is 0 Å². The highest BCUT2D eigenvalue weighted by Gasteiger charge is 2.46. The van der Waals surface area contributed by atoms with Crippen LogP contribution in [0.1, 0.15) is 16.7 Å². The molecule has 0 aliphatic rings. The van der Waals surface area contributed by atoms with Gasteiger partial charge in [0.2, 0.25) is 0 Å². The molecule has 0 aliphatic heterocycles. The maximum atomic E-state index is 12.4. The minimum absolute atomic E-state index is 0.638. The maximum Gasteiger partial charge on any atom is 0.336 e. The topological polar surface area (TPSA) is 46.5 Å². The van der Waals surface area contributed by atoms with Crippen molar-refractivity contribution in [3.8, 4) is 0 Å². The van der Waals surface area contributed by atoms with E-state index in [1.54, 1.807) is 0 Å². The van der Waals surface area contributed by atoms with Crippen LogP contribution in [0.5, 0.6) is 0 Å². The Morgan fingerprint density at radius 2 is 1.33 bits per heavy atom. The molecule has 0 bridgehead atoms. The summed E-state index contributed by atoms with van der Waals surface area (Å²) in [7, 11) is 1.30. The molecule has 3 nitrogen and oxygen atoms in total. The zero-order valence-electron chi connectivity index (χ0n) is 15.1. The Hall–Kier alpha value is -2.56. The van der Waals surface area contributed by atoms with Crippen molar-refractivity contribution in [2.75, 3.05) is 7.11 Å². The zero-order chi connectivity index (χ0) is 19.1. The van der Waals surface area contributed by atoms with Gasteiger partial charge in [-0.3, -0.25) is 0 Å². The van der Waals surface area contributed by atoms with Gasteiger partial charge >= 0.3 is 5.97 Å². The number of carbonyl (C=O) groups excluding carboxylic acids is 1. The van der Waals surface area contributed by atoms with Crippen LogP contribution >= 0.6 is 11.8 Å². The van der Waals surface area contributed by atoms with E-state index < -0.39 is 16.8 Å². The molecule has 27 heavy (non-hydrogen) atoms. The number of hydrogen-bond acceptors (Lipinski definition) is 4. The number of aliphatic hydroxyl groups is 1. The lowest BCUT2D eigenvalue weighted by molar-refractivity contribution is -0.151. The summed E-state index contributed by atoms with van der Waals surface area (Å²) in [5.74, 6) is -0.0122. The molecule has 1 atom stereocenters. The molecule has 0 radical (unpaired) electrons. The second-order valence-electron chi connectivity index (χ2n) is 6.17. The number of aliphatic hydroxyl groups excluding tert-OH is 1. The van der Waals surface area contributed by atoms with Crippen molar-refractivity contribution in [3.63, 3.8) is 0 Å². The van der Waals surface area contributed by atoms with Crippen LogP contribution in [-0.2, 0) is 20.0 Å². The third-order valence-electron chi connectivity index (χ3n) is 4.52. The van der Waals surface area contributed by atoms with Crippen molar-refractivity contribution in [3.05, 3.63) is 108 Å². The van der Waals surface area contributed by atoms with E-state index in [0.29, 0.717) is 5.75 Å². The molecular weight excluding hydrogens is 356 g/mol. The first kappa shape index (κ1) is 19.2. The van der Waals surface area contributed by atoms with Gasteiger partial charge in [-0.25, -0.2) is 4.79 Å². The van der Waals surface area contributed by atoms with E-state index in [1.807, 2.05) is 91.0 Å². The van der Waals surface area contributed by atoms with Gasteiger partial charge in [0.15, 0.2) is 6.10 Å². The van der Waals surface area contributed by atoms with E-state index in [2.05, 4.69) is 0 Å². The van der Waals surface area contributed by atoms with Crippen LogP contribution in [0.15, 0.2) is 91.0 Å². The molecule has 0 saturated carbocycles. The van der Waals surface area contributed by atoms with E-state index >= 15 is 0 Å². The smallest absolute Gasteiger partial charge is 0.336 e. The number of esters is 1. The van der Waals surface area contributed by atoms with Gasteiger partial charge in [0.05, 0.1) is 7.11 Å². The van der Waals surface area contributed by atoms with Crippen molar-refractivity contribution < 1.29 is 14.6 Å². The highest BCUT2D eigenvalue weighted by molar-refractivity contribution is 7.99. The quantitative estimate of drug-likeness (QED) is 0.619. The molecule has 4 heteroatoms. The number of thioether (sulfide) groups is 1. The molecule has 3 aromatic rings. The Balaban J connectivity index is 2.13. The molecule has 3 rings (SSSR count). The minimum Gasteiger partial charge on any atom is -0.467 e. The Morgan fingerprint density at radius 1 is 0.889 bits per heavy atom. The normalized spacial score (nSPS) is 12.4. The summed E-state index contributed by atoms with van der Waals surface area (Å²) in [5, 5.41) is 11.1. The lowest BCUT2D eigenvalue weighted by atomic mass is 9.85. The van der Waals surface area contributed by atoms with Crippen molar-refractivity contribution in [2.45, 2.75) is 16.6 Å². The van der Waals surface area contributed by atoms with Gasteiger partial charge in [-0.2, -0.15) is 0 Å². The van der Waals surface area contributed by atoms with Gasteiger partial charge in [-0.05, 0) is 16.7 Å². The fraction of sp³-hybridized carbons (Fsp3) is 0.174.